The van der Waals surface area contributed by atoms with Crippen LogP contribution in [0.4, 0.5) is 5.69 Å². The Morgan fingerprint density at radius 3 is 2.43 bits per heavy atom. The van der Waals surface area contributed by atoms with Gasteiger partial charge in [-0.25, -0.2) is 4.68 Å². The number of aryl methyl sites for hydroxylation is 1. The highest BCUT2D eigenvalue weighted by Crippen LogP contribution is 2.15. The maximum absolute atomic E-state index is 5.78. The summed E-state index contributed by atoms with van der Waals surface area (Å²) in [5.74, 6) is 0. The van der Waals surface area contributed by atoms with Gasteiger partial charge in [0.15, 0.2) is 0 Å². The van der Waals surface area contributed by atoms with Crippen LogP contribution >= 0.6 is 11.6 Å². The first-order chi connectivity index (χ1) is 6.66. The summed E-state index contributed by atoms with van der Waals surface area (Å²) in [7, 11) is 0. The van der Waals surface area contributed by atoms with Crippen molar-refractivity contribution in [3.05, 3.63) is 41.2 Å². The zero-order chi connectivity index (χ0) is 10.1. The molecule has 0 radical (unpaired) electrons. The number of hydrogen-bond donors (Lipinski definition) is 1. The third-order valence-electron chi connectivity index (χ3n) is 2.03. The van der Waals surface area contributed by atoms with Gasteiger partial charge >= 0.3 is 0 Å². The number of nitrogens with two attached hydrogens (primary N) is 1. The minimum absolute atomic E-state index is 0.694. The average Bonchev–Trinajstić information content (AvgIpc) is 2.48. The zero-order valence-corrected chi connectivity index (χ0v) is 8.49. The van der Waals surface area contributed by atoms with Crippen molar-refractivity contribution in [2.24, 2.45) is 0 Å². The second-order valence-corrected chi connectivity index (χ2v) is 3.53. The van der Waals surface area contributed by atoms with Crippen LogP contribution in [0, 0.1) is 6.92 Å². The van der Waals surface area contributed by atoms with Gasteiger partial charge in [-0.05, 0) is 31.2 Å². The minimum Gasteiger partial charge on any atom is -0.396 e. The fourth-order valence-corrected chi connectivity index (χ4v) is 1.33. The van der Waals surface area contributed by atoms with E-state index in [0.717, 1.165) is 11.4 Å². The van der Waals surface area contributed by atoms with Crippen LogP contribution in [0.1, 0.15) is 5.69 Å². The summed E-state index contributed by atoms with van der Waals surface area (Å²) in [4.78, 5) is 0. The Balaban J connectivity index is 2.44. The first-order valence-electron chi connectivity index (χ1n) is 4.24. The number of rotatable bonds is 1. The van der Waals surface area contributed by atoms with Gasteiger partial charge in [0, 0.05) is 5.02 Å². The predicted molar refractivity (Wildman–Crippen MR) is 57.7 cm³/mol. The molecule has 1 aromatic carbocycles. The van der Waals surface area contributed by atoms with Gasteiger partial charge in [0.05, 0.1) is 23.3 Å². The van der Waals surface area contributed by atoms with Crippen molar-refractivity contribution in [3.63, 3.8) is 0 Å². The second-order valence-electron chi connectivity index (χ2n) is 3.09. The van der Waals surface area contributed by atoms with Crippen molar-refractivity contribution < 1.29 is 0 Å². The molecule has 3 nitrogen and oxygen atoms in total. The maximum atomic E-state index is 5.78. The predicted octanol–water partition coefficient (Wildman–Crippen LogP) is 2.42. The molecular weight excluding hydrogens is 198 g/mol. The number of hydrogen-bond acceptors (Lipinski definition) is 2. The molecule has 0 saturated heterocycles. The minimum atomic E-state index is 0.694. The van der Waals surface area contributed by atoms with Gasteiger partial charge in [0.2, 0.25) is 0 Å². The molecule has 0 spiro atoms. The number of halogens is 1. The van der Waals surface area contributed by atoms with E-state index in [1.807, 2.05) is 31.2 Å². The summed E-state index contributed by atoms with van der Waals surface area (Å²) in [6.07, 6.45) is 1.79. The summed E-state index contributed by atoms with van der Waals surface area (Å²) in [6, 6.07) is 7.44. The third-order valence-corrected chi connectivity index (χ3v) is 2.28. The maximum Gasteiger partial charge on any atom is 0.0827 e. The van der Waals surface area contributed by atoms with Gasteiger partial charge in [-0.2, -0.15) is 5.10 Å². The van der Waals surface area contributed by atoms with E-state index in [2.05, 4.69) is 5.10 Å². The smallest absolute Gasteiger partial charge is 0.0827 e. The molecule has 2 rings (SSSR count). The van der Waals surface area contributed by atoms with Gasteiger partial charge in [-0.15, -0.1) is 0 Å². The van der Waals surface area contributed by atoms with E-state index in [9.17, 15) is 0 Å². The molecule has 1 aromatic heterocycles. The molecule has 0 saturated carbocycles. The number of anilines is 1. The number of nitrogen functional groups attached to an aromatic ring is 1. The van der Waals surface area contributed by atoms with Gasteiger partial charge in [0.1, 0.15) is 0 Å². The molecule has 2 N–H and O–H groups in total. The molecule has 0 amide bonds. The van der Waals surface area contributed by atoms with Crippen LogP contribution in [0.3, 0.4) is 0 Å². The van der Waals surface area contributed by atoms with Crippen LogP contribution in [0.5, 0.6) is 0 Å². The summed E-state index contributed by atoms with van der Waals surface area (Å²) >= 11 is 5.78. The molecule has 0 atom stereocenters. The molecular formula is C10H10ClN3. The molecule has 0 aliphatic heterocycles. The van der Waals surface area contributed by atoms with E-state index < -0.39 is 0 Å². The molecule has 0 bridgehead atoms. The highest BCUT2D eigenvalue weighted by molar-refractivity contribution is 6.30. The van der Waals surface area contributed by atoms with Crippen LogP contribution in [-0.4, -0.2) is 9.78 Å². The van der Waals surface area contributed by atoms with Gasteiger partial charge in [-0.1, -0.05) is 11.6 Å². The van der Waals surface area contributed by atoms with E-state index in [1.54, 1.807) is 10.9 Å². The van der Waals surface area contributed by atoms with E-state index >= 15 is 0 Å². The highest BCUT2D eigenvalue weighted by Gasteiger charge is 2.02. The zero-order valence-electron chi connectivity index (χ0n) is 7.74. The Morgan fingerprint density at radius 1 is 1.29 bits per heavy atom. The van der Waals surface area contributed by atoms with Gasteiger partial charge in [0.25, 0.3) is 0 Å². The fourth-order valence-electron chi connectivity index (χ4n) is 1.20. The lowest BCUT2D eigenvalue weighted by atomic mass is 10.3. The van der Waals surface area contributed by atoms with Crippen molar-refractivity contribution in [2.45, 2.75) is 6.92 Å². The Bertz CT molecular complexity index is 425. The number of aromatic nitrogens is 2. The van der Waals surface area contributed by atoms with Crippen LogP contribution in [0.25, 0.3) is 5.69 Å². The van der Waals surface area contributed by atoms with E-state index in [-0.39, 0.29) is 0 Å². The molecule has 0 aliphatic rings. The van der Waals surface area contributed by atoms with Gasteiger partial charge < -0.3 is 5.73 Å². The topological polar surface area (TPSA) is 43.8 Å². The molecule has 0 fully saturated rings. The largest absolute Gasteiger partial charge is 0.396 e. The normalized spacial score (nSPS) is 10.4. The second kappa shape index (κ2) is 3.35. The monoisotopic (exact) mass is 207 g/mol. The van der Waals surface area contributed by atoms with Crippen molar-refractivity contribution in [3.8, 4) is 5.69 Å². The standard InChI is InChI=1S/C10H10ClN3/c1-7-10(12)6-14(13-7)9-4-2-8(11)3-5-9/h2-6H,12H2,1H3. The first-order valence-corrected chi connectivity index (χ1v) is 4.62. The molecule has 1 heterocycles. The number of benzene rings is 1. The van der Waals surface area contributed by atoms with Crippen LogP contribution < -0.4 is 5.73 Å². The summed E-state index contributed by atoms with van der Waals surface area (Å²) in [5, 5.41) is 4.97. The quantitative estimate of drug-likeness (QED) is 0.781. The first kappa shape index (κ1) is 9.09. The SMILES string of the molecule is Cc1nn(-c2ccc(Cl)cc2)cc1N. The van der Waals surface area contributed by atoms with Crippen molar-refractivity contribution in [2.75, 3.05) is 5.73 Å². The Hall–Kier alpha value is -1.48. The summed E-state index contributed by atoms with van der Waals surface area (Å²) in [6.45, 7) is 1.88. The Kier molecular flexibility index (Phi) is 2.17. The Labute approximate surface area is 87.1 Å². The lowest BCUT2D eigenvalue weighted by Gasteiger charge is -1.99. The molecule has 4 heteroatoms. The van der Waals surface area contributed by atoms with Crippen LogP contribution in [-0.2, 0) is 0 Å². The fraction of sp³-hybridized carbons (Fsp3) is 0.100. The van der Waals surface area contributed by atoms with Gasteiger partial charge in [-0.3, -0.25) is 0 Å². The van der Waals surface area contributed by atoms with Crippen LogP contribution in [0.2, 0.25) is 5.02 Å². The molecule has 0 aliphatic carbocycles. The summed E-state index contributed by atoms with van der Waals surface area (Å²) in [5.41, 5.74) is 8.18. The van der Waals surface area contributed by atoms with E-state index in [0.29, 0.717) is 10.7 Å². The lowest BCUT2D eigenvalue weighted by molar-refractivity contribution is 0.863. The molecule has 2 aromatic rings. The van der Waals surface area contributed by atoms with Crippen LogP contribution in [0.15, 0.2) is 30.5 Å². The van der Waals surface area contributed by atoms with Crippen molar-refractivity contribution in [1.29, 1.82) is 0 Å². The molecule has 72 valence electrons. The summed E-state index contributed by atoms with van der Waals surface area (Å²) < 4.78 is 1.74. The molecule has 0 unspecified atom stereocenters. The van der Waals surface area contributed by atoms with Crippen molar-refractivity contribution in [1.82, 2.24) is 9.78 Å². The van der Waals surface area contributed by atoms with E-state index in [1.165, 1.54) is 0 Å². The average molecular weight is 208 g/mol. The molecule has 14 heavy (non-hydrogen) atoms. The highest BCUT2D eigenvalue weighted by atomic mass is 35.5. The third kappa shape index (κ3) is 1.59. The lowest BCUT2D eigenvalue weighted by Crippen LogP contribution is -1.93. The Morgan fingerprint density at radius 2 is 1.93 bits per heavy atom. The van der Waals surface area contributed by atoms with E-state index in [4.69, 9.17) is 17.3 Å². The number of nitrogens with zero attached hydrogens (tertiary/aromatic N) is 2. The van der Waals surface area contributed by atoms with Crippen molar-refractivity contribution >= 4 is 17.3 Å².